The number of para-hydroxylation sites is 2. The standard InChI is InChI=1S/C14H9F3N2O5/c15-14(16,17)24-12-4-2-1-3-11(12)18-10-6-5-8(19(22)23)7-9(10)13(20)21/h1-7,18H,(H,20,21). The number of halogens is 3. The Morgan fingerprint density at radius 2 is 1.83 bits per heavy atom. The summed E-state index contributed by atoms with van der Waals surface area (Å²) in [6.45, 7) is 0. The van der Waals surface area contributed by atoms with Gasteiger partial charge < -0.3 is 15.2 Å². The van der Waals surface area contributed by atoms with Crippen LogP contribution in [-0.4, -0.2) is 22.4 Å². The molecule has 0 bridgehead atoms. The molecule has 0 heterocycles. The molecule has 2 aromatic rings. The van der Waals surface area contributed by atoms with Gasteiger partial charge in [-0.25, -0.2) is 4.79 Å². The molecule has 0 fully saturated rings. The van der Waals surface area contributed by atoms with E-state index in [0.29, 0.717) is 0 Å². The molecule has 2 N–H and O–H groups in total. The molecule has 0 radical (unpaired) electrons. The summed E-state index contributed by atoms with van der Waals surface area (Å²) in [5.41, 5.74) is -1.19. The Morgan fingerprint density at radius 1 is 1.17 bits per heavy atom. The zero-order valence-electron chi connectivity index (χ0n) is 11.7. The zero-order chi connectivity index (χ0) is 17.9. The minimum atomic E-state index is -4.93. The second kappa shape index (κ2) is 6.44. The first-order valence-corrected chi connectivity index (χ1v) is 6.31. The molecule has 10 heteroatoms. The topological polar surface area (TPSA) is 102 Å². The summed E-state index contributed by atoms with van der Waals surface area (Å²) in [6, 6.07) is 7.93. The third-order valence-corrected chi connectivity index (χ3v) is 2.83. The van der Waals surface area contributed by atoms with E-state index in [-0.39, 0.29) is 11.4 Å². The summed E-state index contributed by atoms with van der Waals surface area (Å²) < 4.78 is 41.0. The number of anilines is 2. The van der Waals surface area contributed by atoms with Gasteiger partial charge in [-0.1, -0.05) is 12.1 Å². The number of carboxylic acids is 1. The van der Waals surface area contributed by atoms with Crippen molar-refractivity contribution in [3.05, 3.63) is 58.1 Å². The van der Waals surface area contributed by atoms with Crippen molar-refractivity contribution < 1.29 is 32.7 Å². The van der Waals surface area contributed by atoms with Gasteiger partial charge in [0.15, 0.2) is 5.75 Å². The minimum Gasteiger partial charge on any atom is -0.478 e. The van der Waals surface area contributed by atoms with Crippen molar-refractivity contribution in [1.82, 2.24) is 0 Å². The number of ether oxygens (including phenoxy) is 1. The molecule has 0 aliphatic carbocycles. The van der Waals surface area contributed by atoms with E-state index >= 15 is 0 Å². The van der Waals surface area contributed by atoms with E-state index < -0.39 is 34.3 Å². The van der Waals surface area contributed by atoms with Crippen LogP contribution in [0.3, 0.4) is 0 Å². The van der Waals surface area contributed by atoms with Gasteiger partial charge in [0.05, 0.1) is 21.9 Å². The number of nitrogens with zero attached hydrogens (tertiary/aromatic N) is 1. The number of rotatable bonds is 5. The van der Waals surface area contributed by atoms with Gasteiger partial charge in [-0.3, -0.25) is 10.1 Å². The van der Waals surface area contributed by atoms with Crippen LogP contribution in [0.25, 0.3) is 0 Å². The number of nitrogens with one attached hydrogen (secondary N) is 1. The maximum Gasteiger partial charge on any atom is 0.573 e. The summed E-state index contributed by atoms with van der Waals surface area (Å²) >= 11 is 0. The first-order valence-electron chi connectivity index (χ1n) is 6.31. The fourth-order valence-electron chi connectivity index (χ4n) is 1.86. The van der Waals surface area contributed by atoms with Crippen LogP contribution in [0.5, 0.6) is 5.75 Å². The Kier molecular flexibility index (Phi) is 4.58. The lowest BCUT2D eigenvalue weighted by Crippen LogP contribution is -2.18. The first-order chi connectivity index (χ1) is 11.2. The van der Waals surface area contributed by atoms with Crippen LogP contribution in [0.15, 0.2) is 42.5 Å². The SMILES string of the molecule is O=C(O)c1cc([N+](=O)[O-])ccc1Nc1ccccc1OC(F)(F)F. The number of carboxylic acid groups (broad SMARTS) is 1. The van der Waals surface area contributed by atoms with Gasteiger partial charge >= 0.3 is 12.3 Å². The Morgan fingerprint density at radius 3 is 2.42 bits per heavy atom. The predicted molar refractivity (Wildman–Crippen MR) is 76.5 cm³/mol. The summed E-state index contributed by atoms with van der Waals surface area (Å²) in [5, 5.41) is 22.3. The van der Waals surface area contributed by atoms with Gasteiger partial charge in [0, 0.05) is 12.1 Å². The average molecular weight is 342 g/mol. The molecule has 7 nitrogen and oxygen atoms in total. The number of aromatic carboxylic acids is 1. The molecular weight excluding hydrogens is 333 g/mol. The number of nitro benzene ring substituents is 1. The van der Waals surface area contributed by atoms with Gasteiger partial charge in [-0.15, -0.1) is 13.2 Å². The Balaban J connectivity index is 2.42. The number of carbonyl (C=O) groups is 1. The van der Waals surface area contributed by atoms with Crippen molar-refractivity contribution in [2.45, 2.75) is 6.36 Å². The molecule has 0 aliphatic rings. The van der Waals surface area contributed by atoms with Crippen LogP contribution in [0.1, 0.15) is 10.4 Å². The molecule has 0 saturated heterocycles. The minimum absolute atomic E-state index is 0.119. The van der Waals surface area contributed by atoms with Crippen molar-refractivity contribution >= 4 is 23.0 Å². The molecular formula is C14H9F3N2O5. The molecule has 0 aromatic heterocycles. The smallest absolute Gasteiger partial charge is 0.478 e. The Hall–Kier alpha value is -3.30. The number of non-ortho nitro benzene ring substituents is 1. The number of nitro groups is 1. The normalized spacial score (nSPS) is 11.0. The maximum absolute atomic E-state index is 12.4. The highest BCUT2D eigenvalue weighted by atomic mass is 19.4. The summed E-state index contributed by atoms with van der Waals surface area (Å²) in [5.74, 6) is -2.05. The van der Waals surface area contributed by atoms with Crippen molar-refractivity contribution in [1.29, 1.82) is 0 Å². The average Bonchev–Trinajstić information content (AvgIpc) is 2.47. The van der Waals surface area contributed by atoms with Gasteiger partial charge in [-0.2, -0.15) is 0 Å². The molecule has 24 heavy (non-hydrogen) atoms. The van der Waals surface area contributed by atoms with Crippen LogP contribution in [0.2, 0.25) is 0 Å². The van der Waals surface area contributed by atoms with Crippen LogP contribution in [0, 0.1) is 10.1 Å². The van der Waals surface area contributed by atoms with Crippen LogP contribution in [-0.2, 0) is 0 Å². The Bertz CT molecular complexity index is 792. The van der Waals surface area contributed by atoms with E-state index in [4.69, 9.17) is 5.11 Å². The Labute approximate surface area is 132 Å². The summed E-state index contributed by atoms with van der Waals surface area (Å²) in [6.07, 6.45) is -4.93. The lowest BCUT2D eigenvalue weighted by molar-refractivity contribution is -0.384. The molecule has 0 amide bonds. The maximum atomic E-state index is 12.4. The van der Waals surface area contributed by atoms with E-state index in [1.54, 1.807) is 0 Å². The summed E-state index contributed by atoms with van der Waals surface area (Å²) in [7, 11) is 0. The van der Waals surface area contributed by atoms with Crippen LogP contribution >= 0.6 is 0 Å². The second-order valence-electron chi connectivity index (χ2n) is 4.46. The van der Waals surface area contributed by atoms with Crippen molar-refractivity contribution in [2.24, 2.45) is 0 Å². The molecule has 0 spiro atoms. The molecule has 126 valence electrons. The lowest BCUT2D eigenvalue weighted by atomic mass is 10.1. The quantitative estimate of drug-likeness (QED) is 0.630. The zero-order valence-corrected chi connectivity index (χ0v) is 11.7. The van der Waals surface area contributed by atoms with Crippen molar-refractivity contribution in [3.63, 3.8) is 0 Å². The summed E-state index contributed by atoms with van der Waals surface area (Å²) in [4.78, 5) is 21.1. The highest BCUT2D eigenvalue weighted by Crippen LogP contribution is 2.33. The van der Waals surface area contributed by atoms with Gasteiger partial charge in [0.2, 0.25) is 0 Å². The monoisotopic (exact) mass is 342 g/mol. The number of hydrogen-bond donors (Lipinski definition) is 2. The van der Waals surface area contributed by atoms with Crippen LogP contribution in [0.4, 0.5) is 30.2 Å². The molecule has 2 rings (SSSR count). The lowest BCUT2D eigenvalue weighted by Gasteiger charge is -2.15. The number of alkyl halides is 3. The second-order valence-corrected chi connectivity index (χ2v) is 4.46. The van der Waals surface area contributed by atoms with Gasteiger partial charge in [0.1, 0.15) is 0 Å². The van der Waals surface area contributed by atoms with Gasteiger partial charge in [0.25, 0.3) is 5.69 Å². The molecule has 0 atom stereocenters. The molecule has 0 unspecified atom stereocenters. The first kappa shape index (κ1) is 17.1. The third-order valence-electron chi connectivity index (χ3n) is 2.83. The van der Waals surface area contributed by atoms with E-state index in [1.807, 2.05) is 0 Å². The third kappa shape index (κ3) is 4.12. The van der Waals surface area contributed by atoms with E-state index in [1.165, 1.54) is 18.2 Å². The fraction of sp³-hybridized carbons (Fsp3) is 0.0714. The highest BCUT2D eigenvalue weighted by Gasteiger charge is 2.32. The fourth-order valence-corrected chi connectivity index (χ4v) is 1.86. The molecule has 0 aliphatic heterocycles. The van der Waals surface area contributed by atoms with E-state index in [2.05, 4.69) is 10.1 Å². The number of hydrogen-bond acceptors (Lipinski definition) is 5. The molecule has 0 saturated carbocycles. The number of benzene rings is 2. The largest absolute Gasteiger partial charge is 0.573 e. The van der Waals surface area contributed by atoms with E-state index in [0.717, 1.165) is 24.3 Å². The van der Waals surface area contributed by atoms with E-state index in [9.17, 15) is 28.1 Å². The van der Waals surface area contributed by atoms with Crippen molar-refractivity contribution in [2.75, 3.05) is 5.32 Å². The predicted octanol–water partition coefficient (Wildman–Crippen LogP) is 3.94. The van der Waals surface area contributed by atoms with Crippen molar-refractivity contribution in [3.8, 4) is 5.75 Å². The molecule has 2 aromatic carbocycles. The van der Waals surface area contributed by atoms with Gasteiger partial charge in [-0.05, 0) is 18.2 Å². The van der Waals surface area contributed by atoms with Crippen LogP contribution < -0.4 is 10.1 Å². The highest BCUT2D eigenvalue weighted by molar-refractivity contribution is 5.96.